The molecule has 0 radical (unpaired) electrons. The van der Waals surface area contributed by atoms with Gasteiger partial charge in [-0.15, -0.1) is 0 Å². The average molecular weight is 419 g/mol. The lowest BCUT2D eigenvalue weighted by molar-refractivity contribution is -0.115. The molecule has 2 amide bonds. The fourth-order valence-corrected chi connectivity index (χ4v) is 3.28. The molecule has 4 rings (SSSR count). The second-order valence-electron chi connectivity index (χ2n) is 6.97. The fourth-order valence-electron chi connectivity index (χ4n) is 3.15. The molecule has 0 unspecified atom stereocenters. The lowest BCUT2D eigenvalue weighted by Gasteiger charge is -2.22. The second kappa shape index (κ2) is 8.43. The number of carbonyl (C=O) groups excluding carboxylic acids is 2. The predicted molar refractivity (Wildman–Crippen MR) is 117 cm³/mol. The van der Waals surface area contributed by atoms with Gasteiger partial charge in [-0.25, -0.2) is 0 Å². The van der Waals surface area contributed by atoms with Gasteiger partial charge in [0.2, 0.25) is 0 Å². The third kappa shape index (κ3) is 4.36. The molecule has 1 N–H and O–H groups in total. The standard InChI is InChI=1S/C24H19ClN2O3/c1-27(15-17-5-3-2-4-6-17)24(29)18-9-12-21-20(14-18)26-23(28)22(30-21)13-16-7-10-19(25)11-8-16/h2-14H,15H2,1H3,(H,26,28). The molecule has 1 heterocycles. The normalized spacial score (nSPS) is 13.9. The van der Waals surface area contributed by atoms with Gasteiger partial charge in [0.05, 0.1) is 5.69 Å². The largest absolute Gasteiger partial charge is 0.449 e. The van der Waals surface area contributed by atoms with Crippen LogP contribution in [0.5, 0.6) is 5.75 Å². The van der Waals surface area contributed by atoms with Crippen LogP contribution in [-0.4, -0.2) is 23.8 Å². The molecule has 0 saturated heterocycles. The maximum atomic E-state index is 12.8. The Bertz CT molecular complexity index is 1120. The van der Waals surface area contributed by atoms with Crippen molar-refractivity contribution in [2.45, 2.75) is 6.54 Å². The molecule has 150 valence electrons. The molecule has 0 fully saturated rings. The van der Waals surface area contributed by atoms with Gasteiger partial charge < -0.3 is 15.0 Å². The van der Waals surface area contributed by atoms with Crippen molar-refractivity contribution in [2.24, 2.45) is 0 Å². The lowest BCUT2D eigenvalue weighted by atomic mass is 10.1. The van der Waals surface area contributed by atoms with Crippen LogP contribution in [0.4, 0.5) is 5.69 Å². The molecule has 0 atom stereocenters. The number of benzene rings is 3. The topological polar surface area (TPSA) is 58.6 Å². The molecule has 1 aliphatic rings. The molecule has 3 aromatic rings. The van der Waals surface area contributed by atoms with Crippen molar-refractivity contribution in [2.75, 3.05) is 12.4 Å². The number of carbonyl (C=O) groups is 2. The molecule has 5 nitrogen and oxygen atoms in total. The second-order valence-corrected chi connectivity index (χ2v) is 7.41. The van der Waals surface area contributed by atoms with Crippen LogP contribution in [0, 0.1) is 0 Å². The van der Waals surface area contributed by atoms with Crippen LogP contribution in [0.2, 0.25) is 5.02 Å². The minimum Gasteiger partial charge on any atom is -0.449 e. The van der Waals surface area contributed by atoms with Gasteiger partial charge in [-0.2, -0.15) is 0 Å². The van der Waals surface area contributed by atoms with Crippen molar-refractivity contribution in [3.63, 3.8) is 0 Å². The van der Waals surface area contributed by atoms with E-state index in [4.69, 9.17) is 16.3 Å². The molecule has 3 aromatic carbocycles. The van der Waals surface area contributed by atoms with E-state index in [1.807, 2.05) is 30.3 Å². The van der Waals surface area contributed by atoms with E-state index in [-0.39, 0.29) is 17.6 Å². The monoisotopic (exact) mass is 418 g/mol. The molecule has 0 saturated carbocycles. The zero-order chi connectivity index (χ0) is 21.1. The summed E-state index contributed by atoms with van der Waals surface area (Å²) in [6.45, 7) is 0.494. The number of hydrogen-bond donors (Lipinski definition) is 1. The van der Waals surface area contributed by atoms with Crippen molar-refractivity contribution in [3.8, 4) is 5.75 Å². The van der Waals surface area contributed by atoms with Crippen LogP contribution in [0.25, 0.3) is 6.08 Å². The SMILES string of the molecule is CN(Cc1ccccc1)C(=O)c1ccc2c(c1)NC(=O)C(=Cc1ccc(Cl)cc1)O2. The number of nitrogens with zero attached hydrogens (tertiary/aromatic N) is 1. The minimum absolute atomic E-state index is 0.140. The van der Waals surface area contributed by atoms with Gasteiger partial charge in [0.25, 0.3) is 11.8 Å². The number of halogens is 1. The van der Waals surface area contributed by atoms with Gasteiger partial charge in [0.1, 0.15) is 0 Å². The molecular weight excluding hydrogens is 400 g/mol. The Balaban J connectivity index is 1.52. The van der Waals surface area contributed by atoms with Crippen LogP contribution < -0.4 is 10.1 Å². The van der Waals surface area contributed by atoms with Gasteiger partial charge in [-0.3, -0.25) is 9.59 Å². The number of hydrogen-bond acceptors (Lipinski definition) is 3. The first kappa shape index (κ1) is 19.7. The first-order valence-corrected chi connectivity index (χ1v) is 9.77. The van der Waals surface area contributed by atoms with Crippen LogP contribution >= 0.6 is 11.6 Å². The zero-order valence-electron chi connectivity index (χ0n) is 16.3. The Morgan fingerprint density at radius 3 is 2.53 bits per heavy atom. The van der Waals surface area contributed by atoms with Crippen molar-refractivity contribution in [1.82, 2.24) is 4.90 Å². The number of ether oxygens (including phenoxy) is 1. The number of amides is 2. The Morgan fingerprint density at radius 1 is 1.07 bits per heavy atom. The number of nitrogens with one attached hydrogen (secondary N) is 1. The summed E-state index contributed by atoms with van der Waals surface area (Å²) in [7, 11) is 1.75. The van der Waals surface area contributed by atoms with Crippen LogP contribution in [0.3, 0.4) is 0 Å². The van der Waals surface area contributed by atoms with E-state index in [1.54, 1.807) is 60.5 Å². The Labute approximate surface area is 179 Å². The predicted octanol–water partition coefficient (Wildman–Crippen LogP) is 4.98. The van der Waals surface area contributed by atoms with Crippen molar-refractivity contribution in [3.05, 3.63) is 100 Å². The quantitative estimate of drug-likeness (QED) is 0.607. The summed E-state index contributed by atoms with van der Waals surface area (Å²) in [4.78, 5) is 26.9. The average Bonchev–Trinajstić information content (AvgIpc) is 2.75. The summed E-state index contributed by atoms with van der Waals surface area (Å²) in [6, 6.07) is 21.9. The third-order valence-electron chi connectivity index (χ3n) is 4.70. The first-order chi connectivity index (χ1) is 14.5. The van der Waals surface area contributed by atoms with Gasteiger partial charge in [-0.1, -0.05) is 54.1 Å². The van der Waals surface area contributed by atoms with Crippen LogP contribution in [0.15, 0.2) is 78.6 Å². The smallest absolute Gasteiger partial charge is 0.291 e. The summed E-state index contributed by atoms with van der Waals surface area (Å²) < 4.78 is 5.76. The number of anilines is 1. The highest BCUT2D eigenvalue weighted by molar-refractivity contribution is 6.30. The fraction of sp³-hybridized carbons (Fsp3) is 0.0833. The molecule has 0 aliphatic carbocycles. The van der Waals surface area contributed by atoms with E-state index in [9.17, 15) is 9.59 Å². The van der Waals surface area contributed by atoms with E-state index >= 15 is 0 Å². The van der Waals surface area contributed by atoms with E-state index in [0.29, 0.717) is 28.6 Å². The highest BCUT2D eigenvalue weighted by Crippen LogP contribution is 2.32. The van der Waals surface area contributed by atoms with E-state index in [1.165, 1.54) is 0 Å². The zero-order valence-corrected chi connectivity index (χ0v) is 17.0. The maximum Gasteiger partial charge on any atom is 0.291 e. The van der Waals surface area contributed by atoms with Crippen molar-refractivity contribution < 1.29 is 14.3 Å². The van der Waals surface area contributed by atoms with Crippen molar-refractivity contribution in [1.29, 1.82) is 0 Å². The summed E-state index contributed by atoms with van der Waals surface area (Å²) >= 11 is 5.90. The molecule has 0 bridgehead atoms. The molecule has 0 spiro atoms. The Morgan fingerprint density at radius 2 is 1.80 bits per heavy atom. The van der Waals surface area contributed by atoms with E-state index in [0.717, 1.165) is 11.1 Å². The van der Waals surface area contributed by atoms with Gasteiger partial charge in [0.15, 0.2) is 11.5 Å². The molecule has 0 aromatic heterocycles. The summed E-state index contributed by atoms with van der Waals surface area (Å²) in [5, 5.41) is 3.41. The summed E-state index contributed by atoms with van der Waals surface area (Å²) in [5.74, 6) is 0.139. The Hall–Kier alpha value is -3.57. The molecule has 30 heavy (non-hydrogen) atoms. The van der Waals surface area contributed by atoms with E-state index in [2.05, 4.69) is 5.32 Å². The minimum atomic E-state index is -0.375. The van der Waals surface area contributed by atoms with Gasteiger partial charge >= 0.3 is 0 Å². The highest BCUT2D eigenvalue weighted by atomic mass is 35.5. The summed E-state index contributed by atoms with van der Waals surface area (Å²) in [5.41, 5.74) is 2.77. The number of rotatable bonds is 4. The molecule has 1 aliphatic heterocycles. The first-order valence-electron chi connectivity index (χ1n) is 9.39. The molecule has 6 heteroatoms. The maximum absolute atomic E-state index is 12.8. The molecular formula is C24H19ClN2O3. The van der Waals surface area contributed by atoms with Crippen molar-refractivity contribution >= 4 is 35.2 Å². The van der Waals surface area contributed by atoms with Crippen LogP contribution in [0.1, 0.15) is 21.5 Å². The number of fused-ring (bicyclic) bond motifs is 1. The van der Waals surface area contributed by atoms with Crippen LogP contribution in [-0.2, 0) is 11.3 Å². The Kier molecular flexibility index (Phi) is 5.55. The highest BCUT2D eigenvalue weighted by Gasteiger charge is 2.24. The third-order valence-corrected chi connectivity index (χ3v) is 4.95. The van der Waals surface area contributed by atoms with Gasteiger partial charge in [-0.05, 0) is 47.5 Å². The summed E-state index contributed by atoms with van der Waals surface area (Å²) in [6.07, 6.45) is 1.64. The van der Waals surface area contributed by atoms with E-state index < -0.39 is 0 Å². The lowest BCUT2D eigenvalue weighted by Crippen LogP contribution is -2.27. The van der Waals surface area contributed by atoms with Gasteiger partial charge in [0, 0.05) is 24.2 Å².